The number of hydrogen-bond acceptors (Lipinski definition) is 3. The molecule has 2 nitrogen and oxygen atoms in total. The van der Waals surface area contributed by atoms with Gasteiger partial charge in [0, 0.05) is 12.0 Å². The maximum atomic E-state index is 4.88. The highest BCUT2D eigenvalue weighted by Gasteiger charge is 2.31. The first-order valence-corrected chi connectivity index (χ1v) is 8.08. The molecule has 0 aliphatic heterocycles. The van der Waals surface area contributed by atoms with Gasteiger partial charge in [-0.2, -0.15) is 0 Å². The number of nitrogens with one attached hydrogen (secondary N) is 1. The van der Waals surface area contributed by atoms with Gasteiger partial charge in [-0.3, -0.25) is 0 Å². The second-order valence-electron chi connectivity index (χ2n) is 5.80. The van der Waals surface area contributed by atoms with Crippen molar-refractivity contribution in [3.63, 3.8) is 0 Å². The second kappa shape index (κ2) is 5.22. The van der Waals surface area contributed by atoms with Crippen molar-refractivity contribution in [3.05, 3.63) is 28.8 Å². The average Bonchev–Trinajstić information content (AvgIpc) is 2.83. The lowest BCUT2D eigenvalue weighted by Gasteiger charge is -2.36. The molecule has 102 valence electrons. The van der Waals surface area contributed by atoms with Crippen molar-refractivity contribution < 1.29 is 0 Å². The van der Waals surface area contributed by atoms with Gasteiger partial charge in [-0.25, -0.2) is 4.98 Å². The Hall–Kier alpha value is -0.930. The number of likely N-dealkylation sites (N-methyl/N-ethyl adjacent to an activating group) is 1. The Morgan fingerprint density at radius 1 is 1.26 bits per heavy atom. The molecule has 0 spiro atoms. The van der Waals surface area contributed by atoms with Crippen LogP contribution in [0.25, 0.3) is 10.2 Å². The van der Waals surface area contributed by atoms with Crippen molar-refractivity contribution >= 4 is 21.6 Å². The highest BCUT2D eigenvalue weighted by Crippen LogP contribution is 2.33. The van der Waals surface area contributed by atoms with Crippen LogP contribution in [0.15, 0.2) is 18.2 Å². The van der Waals surface area contributed by atoms with E-state index in [9.17, 15) is 0 Å². The Morgan fingerprint density at radius 2 is 2.05 bits per heavy atom. The van der Waals surface area contributed by atoms with E-state index in [0.717, 1.165) is 6.42 Å². The van der Waals surface area contributed by atoms with Gasteiger partial charge in [-0.1, -0.05) is 31.4 Å². The minimum Gasteiger partial charge on any atom is -0.314 e. The molecule has 1 heterocycles. The van der Waals surface area contributed by atoms with E-state index in [2.05, 4.69) is 37.5 Å². The Kier molecular flexibility index (Phi) is 3.59. The molecule has 0 radical (unpaired) electrons. The van der Waals surface area contributed by atoms with E-state index in [1.54, 1.807) is 0 Å². The van der Waals surface area contributed by atoms with Gasteiger partial charge < -0.3 is 5.32 Å². The molecule has 0 saturated heterocycles. The van der Waals surface area contributed by atoms with E-state index in [4.69, 9.17) is 4.98 Å². The van der Waals surface area contributed by atoms with Crippen molar-refractivity contribution in [2.75, 3.05) is 7.05 Å². The predicted molar refractivity (Wildman–Crippen MR) is 82.9 cm³/mol. The molecule has 19 heavy (non-hydrogen) atoms. The third kappa shape index (κ3) is 2.54. The van der Waals surface area contributed by atoms with Crippen LogP contribution >= 0.6 is 11.3 Å². The quantitative estimate of drug-likeness (QED) is 0.912. The summed E-state index contributed by atoms with van der Waals surface area (Å²) in [7, 11) is 2.11. The van der Waals surface area contributed by atoms with Gasteiger partial charge >= 0.3 is 0 Å². The van der Waals surface area contributed by atoms with Gasteiger partial charge in [0.25, 0.3) is 0 Å². The fourth-order valence-electron chi connectivity index (χ4n) is 3.24. The van der Waals surface area contributed by atoms with Crippen LogP contribution in [0, 0.1) is 6.92 Å². The number of para-hydroxylation sites is 1. The summed E-state index contributed by atoms with van der Waals surface area (Å²) in [5.74, 6) is 0. The molecule has 1 saturated carbocycles. The SMILES string of the molecule is CNC1(Cc2nc3c(C)cccc3s2)CCCCC1. The maximum absolute atomic E-state index is 4.88. The summed E-state index contributed by atoms with van der Waals surface area (Å²) in [5, 5.41) is 4.88. The summed E-state index contributed by atoms with van der Waals surface area (Å²) in [6.45, 7) is 2.15. The van der Waals surface area contributed by atoms with Crippen LogP contribution in [0.1, 0.15) is 42.7 Å². The van der Waals surface area contributed by atoms with Crippen LogP contribution < -0.4 is 5.32 Å². The fraction of sp³-hybridized carbons (Fsp3) is 0.562. The molecule has 1 aromatic heterocycles. The van der Waals surface area contributed by atoms with Gasteiger partial charge in [0.2, 0.25) is 0 Å². The van der Waals surface area contributed by atoms with Crippen molar-refractivity contribution in [3.8, 4) is 0 Å². The fourth-order valence-corrected chi connectivity index (χ4v) is 4.43. The Morgan fingerprint density at radius 3 is 2.74 bits per heavy atom. The first kappa shape index (κ1) is 13.1. The average molecular weight is 274 g/mol. The minimum absolute atomic E-state index is 0.292. The molecule has 0 amide bonds. The van der Waals surface area contributed by atoms with Crippen molar-refractivity contribution in [1.82, 2.24) is 10.3 Å². The number of rotatable bonds is 3. The lowest BCUT2D eigenvalue weighted by atomic mass is 9.79. The van der Waals surface area contributed by atoms with E-state index in [0.29, 0.717) is 5.54 Å². The third-order valence-electron chi connectivity index (χ3n) is 4.50. The second-order valence-corrected chi connectivity index (χ2v) is 6.91. The van der Waals surface area contributed by atoms with Gasteiger partial charge in [-0.15, -0.1) is 11.3 Å². The summed E-state index contributed by atoms with van der Waals surface area (Å²) >= 11 is 1.87. The molecule has 1 aliphatic carbocycles. The zero-order valence-electron chi connectivity index (χ0n) is 11.8. The monoisotopic (exact) mass is 274 g/mol. The van der Waals surface area contributed by atoms with Gasteiger partial charge in [0.1, 0.15) is 0 Å². The first-order chi connectivity index (χ1) is 9.22. The van der Waals surface area contributed by atoms with Crippen LogP contribution in [0.2, 0.25) is 0 Å². The molecular formula is C16H22N2S. The van der Waals surface area contributed by atoms with Crippen molar-refractivity contribution in [1.29, 1.82) is 0 Å². The molecule has 0 unspecified atom stereocenters. The minimum atomic E-state index is 0.292. The number of fused-ring (bicyclic) bond motifs is 1. The van der Waals surface area contributed by atoms with E-state index < -0.39 is 0 Å². The Bertz CT molecular complexity index is 567. The summed E-state index contributed by atoms with van der Waals surface area (Å²) < 4.78 is 1.33. The topological polar surface area (TPSA) is 24.9 Å². The molecule has 0 atom stereocenters. The normalized spacial score (nSPS) is 18.8. The van der Waals surface area contributed by atoms with E-state index in [1.807, 2.05) is 11.3 Å². The highest BCUT2D eigenvalue weighted by atomic mass is 32.1. The lowest BCUT2D eigenvalue weighted by Crippen LogP contribution is -2.46. The molecule has 3 rings (SSSR count). The number of nitrogens with zero attached hydrogens (tertiary/aromatic N) is 1. The smallest absolute Gasteiger partial charge is 0.0957 e. The largest absolute Gasteiger partial charge is 0.314 e. The maximum Gasteiger partial charge on any atom is 0.0957 e. The lowest BCUT2D eigenvalue weighted by molar-refractivity contribution is 0.244. The molecule has 1 N–H and O–H groups in total. The summed E-state index contributed by atoms with van der Waals surface area (Å²) in [6, 6.07) is 6.48. The Labute approximate surface area is 119 Å². The molecule has 1 aromatic carbocycles. The molecular weight excluding hydrogens is 252 g/mol. The standard InChI is InChI=1S/C16H22N2S/c1-12-7-6-8-13-15(12)18-14(19-13)11-16(17-2)9-4-3-5-10-16/h6-8,17H,3-5,9-11H2,1-2H3. The number of thiazole rings is 1. The van der Waals surface area contributed by atoms with Crippen molar-refractivity contribution in [2.24, 2.45) is 0 Å². The van der Waals surface area contributed by atoms with Crippen LogP contribution in [-0.2, 0) is 6.42 Å². The highest BCUT2D eigenvalue weighted by molar-refractivity contribution is 7.18. The van der Waals surface area contributed by atoms with Crippen molar-refractivity contribution in [2.45, 2.75) is 51.0 Å². The first-order valence-electron chi connectivity index (χ1n) is 7.26. The predicted octanol–water partition coefficient (Wildman–Crippen LogP) is 4.07. The summed E-state index contributed by atoms with van der Waals surface area (Å²) in [5.41, 5.74) is 2.78. The molecule has 2 aromatic rings. The van der Waals surface area contributed by atoms with E-state index >= 15 is 0 Å². The van der Waals surface area contributed by atoms with Gasteiger partial charge in [-0.05, 0) is 38.4 Å². The Balaban J connectivity index is 1.89. The zero-order chi connectivity index (χ0) is 13.3. The summed E-state index contributed by atoms with van der Waals surface area (Å²) in [4.78, 5) is 4.88. The van der Waals surface area contributed by atoms with Crippen LogP contribution in [-0.4, -0.2) is 17.6 Å². The number of hydrogen-bond donors (Lipinski definition) is 1. The van der Waals surface area contributed by atoms with E-state index in [1.165, 1.54) is 52.9 Å². The number of aromatic nitrogens is 1. The van der Waals surface area contributed by atoms with Gasteiger partial charge in [0.05, 0.1) is 15.2 Å². The third-order valence-corrected chi connectivity index (χ3v) is 5.52. The summed E-state index contributed by atoms with van der Waals surface area (Å²) in [6.07, 6.45) is 7.76. The van der Waals surface area contributed by atoms with Crippen LogP contribution in [0.4, 0.5) is 0 Å². The molecule has 0 bridgehead atoms. The van der Waals surface area contributed by atoms with E-state index in [-0.39, 0.29) is 0 Å². The number of aryl methyl sites for hydroxylation is 1. The van der Waals surface area contributed by atoms with Crippen LogP contribution in [0.3, 0.4) is 0 Å². The number of benzene rings is 1. The van der Waals surface area contributed by atoms with Gasteiger partial charge in [0.15, 0.2) is 0 Å². The zero-order valence-corrected chi connectivity index (χ0v) is 12.6. The molecule has 1 aliphatic rings. The molecule has 3 heteroatoms. The molecule has 1 fully saturated rings. The van der Waals surface area contributed by atoms with Crippen LogP contribution in [0.5, 0.6) is 0 Å².